The van der Waals surface area contributed by atoms with E-state index >= 15 is 0 Å². The molecule has 0 atom stereocenters. The second-order valence-electron chi connectivity index (χ2n) is 5.71. The molecule has 1 saturated carbocycles. The van der Waals surface area contributed by atoms with Gasteiger partial charge in [-0.2, -0.15) is 0 Å². The van der Waals surface area contributed by atoms with Gasteiger partial charge in [0.1, 0.15) is 5.54 Å². The van der Waals surface area contributed by atoms with E-state index in [0.717, 1.165) is 12.8 Å². The minimum atomic E-state index is -3.66. The minimum absolute atomic E-state index is 0.0229. The molecular formula is C16H20N2O5S. The van der Waals surface area contributed by atoms with Gasteiger partial charge in [-0.05, 0) is 37.1 Å². The van der Waals surface area contributed by atoms with Crippen molar-refractivity contribution in [1.29, 1.82) is 0 Å². The number of amides is 1. The van der Waals surface area contributed by atoms with Crippen molar-refractivity contribution in [1.82, 2.24) is 10.0 Å². The Labute approximate surface area is 140 Å². The predicted octanol–water partition coefficient (Wildman–Crippen LogP) is 1.28. The highest BCUT2D eigenvalue weighted by atomic mass is 32.2. The molecule has 0 aromatic heterocycles. The van der Waals surface area contributed by atoms with E-state index in [1.54, 1.807) is 0 Å². The van der Waals surface area contributed by atoms with Crippen molar-refractivity contribution in [2.45, 2.75) is 36.1 Å². The first-order chi connectivity index (χ1) is 11.3. The van der Waals surface area contributed by atoms with Gasteiger partial charge < -0.3 is 10.4 Å². The number of sulfonamides is 1. The second kappa shape index (κ2) is 7.14. The fraction of sp³-hybridized carbons (Fsp3) is 0.375. The molecule has 0 bridgehead atoms. The summed E-state index contributed by atoms with van der Waals surface area (Å²) >= 11 is 0. The second-order valence-corrected chi connectivity index (χ2v) is 7.48. The molecule has 1 amide bonds. The highest BCUT2D eigenvalue weighted by molar-refractivity contribution is 7.89. The van der Waals surface area contributed by atoms with Gasteiger partial charge in [0.05, 0.1) is 4.90 Å². The van der Waals surface area contributed by atoms with E-state index < -0.39 is 27.4 Å². The Morgan fingerprint density at radius 3 is 2.29 bits per heavy atom. The largest absolute Gasteiger partial charge is 0.480 e. The highest BCUT2D eigenvalue weighted by Gasteiger charge is 2.42. The molecule has 0 spiro atoms. The van der Waals surface area contributed by atoms with Gasteiger partial charge in [0.2, 0.25) is 10.0 Å². The summed E-state index contributed by atoms with van der Waals surface area (Å²) in [5.74, 6) is -1.57. The molecule has 8 heteroatoms. The molecule has 1 aromatic rings. The quantitative estimate of drug-likeness (QED) is 0.640. The lowest BCUT2D eigenvalue weighted by Gasteiger charge is -2.25. The van der Waals surface area contributed by atoms with Gasteiger partial charge in [0, 0.05) is 12.1 Å². The number of carbonyl (C=O) groups excluding carboxylic acids is 1. The van der Waals surface area contributed by atoms with Crippen molar-refractivity contribution >= 4 is 21.9 Å². The molecule has 1 fully saturated rings. The fourth-order valence-electron chi connectivity index (χ4n) is 2.70. The molecule has 3 N–H and O–H groups in total. The number of nitrogens with one attached hydrogen (secondary N) is 2. The smallest absolute Gasteiger partial charge is 0.329 e. The Morgan fingerprint density at radius 1 is 1.21 bits per heavy atom. The highest BCUT2D eigenvalue weighted by Crippen LogP contribution is 2.30. The Balaban J connectivity index is 2.14. The minimum Gasteiger partial charge on any atom is -0.480 e. The Morgan fingerprint density at radius 2 is 1.79 bits per heavy atom. The van der Waals surface area contributed by atoms with Crippen LogP contribution < -0.4 is 10.0 Å². The third-order valence-electron chi connectivity index (χ3n) is 4.06. The zero-order valence-electron chi connectivity index (χ0n) is 13.1. The topological polar surface area (TPSA) is 113 Å². The maximum absolute atomic E-state index is 12.3. The van der Waals surface area contributed by atoms with Crippen LogP contribution >= 0.6 is 0 Å². The lowest BCUT2D eigenvalue weighted by Crippen LogP contribution is -2.52. The van der Waals surface area contributed by atoms with Crippen molar-refractivity contribution in [3.8, 4) is 0 Å². The van der Waals surface area contributed by atoms with E-state index in [1.165, 1.54) is 30.3 Å². The monoisotopic (exact) mass is 352 g/mol. The molecule has 0 unspecified atom stereocenters. The molecule has 24 heavy (non-hydrogen) atoms. The number of carboxylic acid groups (broad SMARTS) is 1. The number of hydrogen-bond donors (Lipinski definition) is 3. The van der Waals surface area contributed by atoms with E-state index in [9.17, 15) is 23.1 Å². The standard InChI is InChI=1S/C16H20N2O5S/c1-2-11-17-24(22,23)13-7-5-12(6-8-13)14(19)18-16(15(20)21)9-3-4-10-16/h2,5-8,17H,1,3-4,9-11H2,(H,18,19)(H,20,21). The third kappa shape index (κ3) is 3.82. The van der Waals surface area contributed by atoms with E-state index in [1.807, 2.05) is 0 Å². The van der Waals surface area contributed by atoms with Crippen molar-refractivity contribution in [3.05, 3.63) is 42.5 Å². The van der Waals surface area contributed by atoms with Gasteiger partial charge >= 0.3 is 5.97 Å². The molecule has 7 nitrogen and oxygen atoms in total. The zero-order chi connectivity index (χ0) is 17.8. The van der Waals surface area contributed by atoms with Crippen molar-refractivity contribution < 1.29 is 23.1 Å². The average molecular weight is 352 g/mol. The Kier molecular flexibility index (Phi) is 5.40. The molecule has 2 rings (SSSR count). The first-order valence-corrected chi connectivity index (χ1v) is 9.06. The number of carbonyl (C=O) groups is 2. The van der Waals surface area contributed by atoms with Gasteiger partial charge in [-0.25, -0.2) is 17.9 Å². The van der Waals surface area contributed by atoms with Crippen molar-refractivity contribution in [3.63, 3.8) is 0 Å². The Hall–Kier alpha value is -2.19. The van der Waals surface area contributed by atoms with E-state index in [0.29, 0.717) is 12.8 Å². The average Bonchev–Trinajstić information content (AvgIpc) is 3.03. The van der Waals surface area contributed by atoms with E-state index in [2.05, 4.69) is 16.6 Å². The summed E-state index contributed by atoms with van der Waals surface area (Å²) in [7, 11) is -3.66. The van der Waals surface area contributed by atoms with Crippen molar-refractivity contribution in [2.24, 2.45) is 0 Å². The summed E-state index contributed by atoms with van der Waals surface area (Å²) in [5.41, 5.74) is -1.02. The van der Waals surface area contributed by atoms with Crippen LogP contribution in [-0.4, -0.2) is 37.5 Å². The van der Waals surface area contributed by atoms with Gasteiger partial charge in [-0.3, -0.25) is 4.79 Å². The molecule has 0 radical (unpaired) electrons. The van der Waals surface area contributed by atoms with Gasteiger partial charge in [-0.15, -0.1) is 6.58 Å². The number of hydrogen-bond acceptors (Lipinski definition) is 4. The van der Waals surface area contributed by atoms with Crippen LogP contribution in [0.3, 0.4) is 0 Å². The summed E-state index contributed by atoms with van der Waals surface area (Å²) in [5, 5.41) is 12.0. The fourth-order valence-corrected chi connectivity index (χ4v) is 3.70. The zero-order valence-corrected chi connectivity index (χ0v) is 13.9. The summed E-state index contributed by atoms with van der Waals surface area (Å²) in [6.45, 7) is 3.54. The number of rotatable bonds is 7. The molecule has 1 aromatic carbocycles. The van der Waals surface area contributed by atoms with Crippen LogP contribution in [0.25, 0.3) is 0 Å². The van der Waals surface area contributed by atoms with Gasteiger partial charge in [0.25, 0.3) is 5.91 Å². The van der Waals surface area contributed by atoms with Crippen LogP contribution in [0.1, 0.15) is 36.0 Å². The van der Waals surface area contributed by atoms with Crippen LogP contribution in [0.5, 0.6) is 0 Å². The van der Waals surface area contributed by atoms with Crippen LogP contribution in [0.2, 0.25) is 0 Å². The first kappa shape index (κ1) is 18.2. The van der Waals surface area contributed by atoms with Crippen LogP contribution in [0.4, 0.5) is 0 Å². The van der Waals surface area contributed by atoms with Crippen LogP contribution in [-0.2, 0) is 14.8 Å². The summed E-state index contributed by atoms with van der Waals surface area (Å²) in [6, 6.07) is 5.34. The molecule has 0 aliphatic heterocycles. The lowest BCUT2D eigenvalue weighted by molar-refractivity contribution is -0.144. The molecular weight excluding hydrogens is 332 g/mol. The number of benzene rings is 1. The number of aliphatic carboxylic acids is 1. The first-order valence-electron chi connectivity index (χ1n) is 7.57. The summed E-state index contributed by atoms with van der Waals surface area (Å²) in [4.78, 5) is 23.8. The normalized spacial score (nSPS) is 16.5. The SMILES string of the molecule is C=CCNS(=O)(=O)c1ccc(C(=O)NC2(C(=O)O)CCCC2)cc1. The third-order valence-corrected chi connectivity index (χ3v) is 5.50. The van der Waals surface area contributed by atoms with Crippen LogP contribution in [0.15, 0.2) is 41.8 Å². The van der Waals surface area contributed by atoms with E-state index in [-0.39, 0.29) is 17.0 Å². The molecule has 1 aliphatic carbocycles. The maximum atomic E-state index is 12.3. The number of carboxylic acids is 1. The Bertz CT molecular complexity index is 734. The molecule has 1 aliphatic rings. The summed E-state index contributed by atoms with van der Waals surface area (Å²) in [6.07, 6.45) is 3.71. The van der Waals surface area contributed by atoms with Crippen LogP contribution in [0, 0.1) is 0 Å². The summed E-state index contributed by atoms with van der Waals surface area (Å²) < 4.78 is 26.2. The van der Waals surface area contributed by atoms with Gasteiger partial charge in [-0.1, -0.05) is 18.9 Å². The maximum Gasteiger partial charge on any atom is 0.329 e. The molecule has 130 valence electrons. The predicted molar refractivity (Wildman–Crippen MR) is 88.1 cm³/mol. The van der Waals surface area contributed by atoms with Gasteiger partial charge in [0.15, 0.2) is 0 Å². The molecule has 0 saturated heterocycles. The molecule has 0 heterocycles. The lowest BCUT2D eigenvalue weighted by atomic mass is 9.97. The van der Waals surface area contributed by atoms with Crippen molar-refractivity contribution in [2.75, 3.05) is 6.54 Å². The van der Waals surface area contributed by atoms with E-state index in [4.69, 9.17) is 0 Å².